The molecule has 0 N–H and O–H groups in total. The van der Waals surface area contributed by atoms with Gasteiger partial charge in [-0.15, -0.1) is 0 Å². The van der Waals surface area contributed by atoms with E-state index in [0.717, 1.165) is 6.42 Å². The molecule has 1 heterocycles. The van der Waals surface area contributed by atoms with Crippen molar-refractivity contribution in [2.24, 2.45) is 5.92 Å². The minimum absolute atomic E-state index is 0.236. The van der Waals surface area contributed by atoms with Crippen LogP contribution in [0.3, 0.4) is 0 Å². The molecule has 1 saturated heterocycles. The van der Waals surface area contributed by atoms with Gasteiger partial charge in [0.25, 0.3) is 0 Å². The van der Waals surface area contributed by atoms with E-state index in [0.29, 0.717) is 6.61 Å². The highest BCUT2D eigenvalue weighted by Crippen LogP contribution is 2.17. The number of hydrogen-bond acceptors (Lipinski definition) is 1. The van der Waals surface area contributed by atoms with Gasteiger partial charge in [0.2, 0.25) is 0 Å². The molecule has 1 fully saturated rings. The fraction of sp³-hybridized carbons (Fsp3) is 1.00. The Morgan fingerprint density at radius 1 is 1.71 bits per heavy atom. The van der Waals surface area contributed by atoms with E-state index in [-0.39, 0.29) is 5.92 Å². The van der Waals surface area contributed by atoms with Crippen molar-refractivity contribution in [3.8, 4) is 0 Å². The summed E-state index contributed by atoms with van der Waals surface area (Å²) in [5.41, 5.74) is 0. The second-order valence-corrected chi connectivity index (χ2v) is 2.01. The van der Waals surface area contributed by atoms with Gasteiger partial charge >= 0.3 is 0 Å². The lowest BCUT2D eigenvalue weighted by molar-refractivity contribution is -0.123. The highest BCUT2D eigenvalue weighted by molar-refractivity contribution is 4.60. The molecule has 41 valence electrons. The SMILES string of the molecule is CC1CCOC1[O]. The summed E-state index contributed by atoms with van der Waals surface area (Å²) < 4.78 is 4.71. The van der Waals surface area contributed by atoms with Crippen LogP contribution in [0.1, 0.15) is 13.3 Å². The zero-order valence-electron chi connectivity index (χ0n) is 4.39. The Morgan fingerprint density at radius 2 is 2.43 bits per heavy atom. The van der Waals surface area contributed by atoms with Crippen molar-refractivity contribution in [3.63, 3.8) is 0 Å². The van der Waals surface area contributed by atoms with Crippen LogP contribution in [-0.4, -0.2) is 12.9 Å². The monoisotopic (exact) mass is 101 g/mol. The smallest absolute Gasteiger partial charge is 0.193 e. The predicted octanol–water partition coefficient (Wildman–Crippen LogP) is 0.799. The second-order valence-electron chi connectivity index (χ2n) is 2.01. The number of ether oxygens (including phenoxy) is 1. The van der Waals surface area contributed by atoms with Crippen LogP contribution in [-0.2, 0) is 9.84 Å². The molecule has 2 heteroatoms. The molecule has 2 unspecified atom stereocenters. The number of rotatable bonds is 0. The van der Waals surface area contributed by atoms with Crippen LogP contribution in [0, 0.1) is 5.92 Å². The largest absolute Gasteiger partial charge is 0.349 e. The molecule has 7 heavy (non-hydrogen) atoms. The molecule has 1 aliphatic rings. The van der Waals surface area contributed by atoms with Crippen LogP contribution < -0.4 is 0 Å². The first kappa shape index (κ1) is 5.06. The third kappa shape index (κ3) is 0.924. The van der Waals surface area contributed by atoms with Gasteiger partial charge in [-0.1, -0.05) is 6.92 Å². The molecule has 2 atom stereocenters. The Bertz CT molecular complexity index is 55.1. The van der Waals surface area contributed by atoms with Crippen molar-refractivity contribution in [2.75, 3.05) is 6.61 Å². The first-order valence-electron chi connectivity index (χ1n) is 2.58. The van der Waals surface area contributed by atoms with E-state index < -0.39 is 6.29 Å². The van der Waals surface area contributed by atoms with Crippen molar-refractivity contribution in [2.45, 2.75) is 19.6 Å². The zero-order chi connectivity index (χ0) is 5.28. The Hall–Kier alpha value is -0.0800. The minimum Gasteiger partial charge on any atom is -0.349 e. The molecule has 0 bridgehead atoms. The maximum atomic E-state index is 10.4. The fourth-order valence-electron chi connectivity index (χ4n) is 0.670. The van der Waals surface area contributed by atoms with Crippen LogP contribution in [0.25, 0.3) is 0 Å². The molecule has 0 saturated carbocycles. The van der Waals surface area contributed by atoms with Gasteiger partial charge in [-0.2, -0.15) is 0 Å². The van der Waals surface area contributed by atoms with Crippen LogP contribution in [0.4, 0.5) is 0 Å². The fourth-order valence-corrected chi connectivity index (χ4v) is 0.670. The van der Waals surface area contributed by atoms with Gasteiger partial charge in [0.15, 0.2) is 6.29 Å². The summed E-state index contributed by atoms with van der Waals surface area (Å²) in [6, 6.07) is 0. The third-order valence-electron chi connectivity index (χ3n) is 1.32. The summed E-state index contributed by atoms with van der Waals surface area (Å²) in [6.07, 6.45) is 0.203. The van der Waals surface area contributed by atoms with Crippen LogP contribution in [0.2, 0.25) is 0 Å². The molecule has 0 spiro atoms. The third-order valence-corrected chi connectivity index (χ3v) is 1.32. The highest BCUT2D eigenvalue weighted by atomic mass is 16.6. The molecule has 1 radical (unpaired) electrons. The maximum Gasteiger partial charge on any atom is 0.193 e. The second kappa shape index (κ2) is 1.80. The zero-order valence-corrected chi connectivity index (χ0v) is 4.39. The van der Waals surface area contributed by atoms with Crippen LogP contribution >= 0.6 is 0 Å². The van der Waals surface area contributed by atoms with E-state index >= 15 is 0 Å². The van der Waals surface area contributed by atoms with Gasteiger partial charge in [-0.05, 0) is 6.42 Å². The standard InChI is InChI=1S/C5H9O2/c1-4-2-3-7-5(4)6/h4-5H,2-3H2,1H3. The number of hydrogen-bond donors (Lipinski definition) is 0. The first-order valence-corrected chi connectivity index (χ1v) is 2.58. The van der Waals surface area contributed by atoms with E-state index in [1.807, 2.05) is 6.92 Å². The van der Waals surface area contributed by atoms with Gasteiger partial charge < -0.3 is 4.74 Å². The summed E-state index contributed by atoms with van der Waals surface area (Å²) in [6.45, 7) is 2.58. The van der Waals surface area contributed by atoms with Crippen molar-refractivity contribution < 1.29 is 9.84 Å². The predicted molar refractivity (Wildman–Crippen MR) is 24.2 cm³/mol. The summed E-state index contributed by atoms with van der Waals surface area (Å²) in [4.78, 5) is 0. The Labute approximate surface area is 43.1 Å². The molecule has 0 aromatic heterocycles. The van der Waals surface area contributed by atoms with E-state index in [1.165, 1.54) is 0 Å². The maximum absolute atomic E-state index is 10.4. The van der Waals surface area contributed by atoms with Crippen molar-refractivity contribution >= 4 is 0 Å². The minimum atomic E-state index is -0.736. The Balaban J connectivity index is 2.33. The van der Waals surface area contributed by atoms with Gasteiger partial charge in [-0.3, -0.25) is 0 Å². The highest BCUT2D eigenvalue weighted by Gasteiger charge is 2.22. The average Bonchev–Trinajstić information content (AvgIpc) is 1.91. The molecule has 0 aromatic carbocycles. The topological polar surface area (TPSA) is 29.1 Å². The van der Waals surface area contributed by atoms with Crippen molar-refractivity contribution in [3.05, 3.63) is 0 Å². The quantitative estimate of drug-likeness (QED) is 0.443. The van der Waals surface area contributed by atoms with E-state index in [1.54, 1.807) is 0 Å². The molecule has 0 aliphatic carbocycles. The molecule has 1 aliphatic heterocycles. The summed E-state index contributed by atoms with van der Waals surface area (Å²) in [7, 11) is 0. The summed E-state index contributed by atoms with van der Waals surface area (Å²) in [5.74, 6) is 0.236. The Kier molecular flexibility index (Phi) is 1.30. The average molecular weight is 101 g/mol. The van der Waals surface area contributed by atoms with Gasteiger partial charge in [-0.25, -0.2) is 5.11 Å². The lowest BCUT2D eigenvalue weighted by Crippen LogP contribution is -2.08. The normalized spacial score (nSPS) is 42.0. The lowest BCUT2D eigenvalue weighted by Gasteiger charge is -2.00. The molecule has 1 rings (SSSR count). The van der Waals surface area contributed by atoms with E-state index in [4.69, 9.17) is 4.74 Å². The van der Waals surface area contributed by atoms with Gasteiger partial charge in [0, 0.05) is 5.92 Å². The first-order chi connectivity index (χ1) is 3.30. The van der Waals surface area contributed by atoms with Crippen molar-refractivity contribution in [1.82, 2.24) is 0 Å². The van der Waals surface area contributed by atoms with Gasteiger partial charge in [0.1, 0.15) is 0 Å². The lowest BCUT2D eigenvalue weighted by atomic mass is 10.1. The Morgan fingerprint density at radius 3 is 2.57 bits per heavy atom. The molecular formula is C5H9O2. The van der Waals surface area contributed by atoms with E-state index in [2.05, 4.69) is 0 Å². The van der Waals surface area contributed by atoms with E-state index in [9.17, 15) is 5.11 Å². The molecule has 2 nitrogen and oxygen atoms in total. The van der Waals surface area contributed by atoms with Crippen LogP contribution in [0.5, 0.6) is 0 Å². The molecule has 0 amide bonds. The summed E-state index contributed by atoms with van der Waals surface area (Å²) in [5, 5.41) is 10.4. The molecule has 0 aromatic rings. The van der Waals surface area contributed by atoms with Crippen molar-refractivity contribution in [1.29, 1.82) is 0 Å². The summed E-state index contributed by atoms with van der Waals surface area (Å²) >= 11 is 0. The molecular weight excluding hydrogens is 92.1 g/mol. The van der Waals surface area contributed by atoms with Gasteiger partial charge in [0.05, 0.1) is 6.61 Å². The van der Waals surface area contributed by atoms with Crippen LogP contribution in [0.15, 0.2) is 0 Å².